The molecule has 5 heteroatoms. The molecule has 0 aliphatic rings. The largest absolute Gasteiger partial charge is 0.382 e. The van der Waals surface area contributed by atoms with Crippen molar-refractivity contribution >= 4 is 11.7 Å². The average Bonchev–Trinajstić information content (AvgIpc) is 2.28. The van der Waals surface area contributed by atoms with Crippen LogP contribution in [0.15, 0.2) is 12.4 Å². The van der Waals surface area contributed by atoms with Crippen molar-refractivity contribution in [2.75, 3.05) is 5.73 Å². The molecule has 100 valence electrons. The van der Waals surface area contributed by atoms with Crippen molar-refractivity contribution in [1.29, 1.82) is 0 Å². The Hall–Kier alpha value is -1.65. The van der Waals surface area contributed by atoms with Crippen LogP contribution in [0, 0.1) is 5.92 Å². The number of nitrogen functional groups attached to an aromatic ring is 1. The van der Waals surface area contributed by atoms with E-state index >= 15 is 0 Å². The number of nitrogens with two attached hydrogens (primary N) is 1. The molecule has 0 saturated carbocycles. The zero-order valence-electron chi connectivity index (χ0n) is 11.3. The van der Waals surface area contributed by atoms with Gasteiger partial charge in [-0.2, -0.15) is 0 Å². The SMILES string of the molecule is CC(C)CCC[C@H](C)NC(=O)c1nccnc1N. The van der Waals surface area contributed by atoms with E-state index in [2.05, 4.69) is 29.1 Å². The van der Waals surface area contributed by atoms with Gasteiger partial charge in [0.15, 0.2) is 11.5 Å². The number of anilines is 1. The fraction of sp³-hybridized carbons (Fsp3) is 0.615. The summed E-state index contributed by atoms with van der Waals surface area (Å²) < 4.78 is 0. The molecule has 0 spiro atoms. The van der Waals surface area contributed by atoms with Gasteiger partial charge < -0.3 is 11.1 Å². The molecule has 0 fully saturated rings. The number of hydrogen-bond donors (Lipinski definition) is 2. The summed E-state index contributed by atoms with van der Waals surface area (Å²) in [6.45, 7) is 6.39. The lowest BCUT2D eigenvalue weighted by molar-refractivity contribution is 0.0933. The van der Waals surface area contributed by atoms with Crippen LogP contribution in [0.4, 0.5) is 5.82 Å². The highest BCUT2D eigenvalue weighted by Crippen LogP contribution is 2.09. The second-order valence-electron chi connectivity index (χ2n) is 4.99. The van der Waals surface area contributed by atoms with Gasteiger partial charge in [-0.05, 0) is 19.3 Å². The molecular formula is C13H22N4O. The van der Waals surface area contributed by atoms with Gasteiger partial charge in [-0.1, -0.05) is 26.7 Å². The summed E-state index contributed by atoms with van der Waals surface area (Å²) in [5.41, 5.74) is 5.80. The fourth-order valence-electron chi connectivity index (χ4n) is 1.72. The van der Waals surface area contributed by atoms with Gasteiger partial charge in [0, 0.05) is 18.4 Å². The maximum absolute atomic E-state index is 11.9. The standard InChI is InChI=1S/C13H22N4O/c1-9(2)5-4-6-10(3)17-13(18)11-12(14)16-8-7-15-11/h7-10H,4-6H2,1-3H3,(H2,14,16)(H,17,18)/t10-/m0/s1. The van der Waals surface area contributed by atoms with Gasteiger partial charge in [-0.3, -0.25) is 4.79 Å². The molecular weight excluding hydrogens is 228 g/mol. The van der Waals surface area contributed by atoms with Crippen molar-refractivity contribution in [2.45, 2.75) is 46.1 Å². The lowest BCUT2D eigenvalue weighted by Gasteiger charge is -2.14. The first kappa shape index (κ1) is 14.4. The molecule has 1 heterocycles. The van der Waals surface area contributed by atoms with Crippen molar-refractivity contribution in [1.82, 2.24) is 15.3 Å². The van der Waals surface area contributed by atoms with Gasteiger partial charge >= 0.3 is 0 Å². The van der Waals surface area contributed by atoms with Gasteiger partial charge in [0.25, 0.3) is 5.91 Å². The van der Waals surface area contributed by atoms with Gasteiger partial charge in [0.05, 0.1) is 0 Å². The van der Waals surface area contributed by atoms with Gasteiger partial charge in [0.2, 0.25) is 0 Å². The number of rotatable bonds is 6. The summed E-state index contributed by atoms with van der Waals surface area (Å²) >= 11 is 0. The number of carbonyl (C=O) groups is 1. The topological polar surface area (TPSA) is 80.9 Å². The zero-order valence-corrected chi connectivity index (χ0v) is 11.3. The highest BCUT2D eigenvalue weighted by molar-refractivity contribution is 5.96. The van der Waals surface area contributed by atoms with Crippen molar-refractivity contribution in [3.05, 3.63) is 18.1 Å². The van der Waals surface area contributed by atoms with E-state index in [0.717, 1.165) is 12.8 Å². The van der Waals surface area contributed by atoms with Gasteiger partial charge in [0.1, 0.15) is 0 Å². The number of nitrogens with zero attached hydrogens (tertiary/aromatic N) is 2. The van der Waals surface area contributed by atoms with Crippen LogP contribution in [0.3, 0.4) is 0 Å². The average molecular weight is 250 g/mol. The van der Waals surface area contributed by atoms with E-state index < -0.39 is 0 Å². The van der Waals surface area contributed by atoms with Crippen LogP contribution < -0.4 is 11.1 Å². The van der Waals surface area contributed by atoms with Crippen LogP contribution in [-0.2, 0) is 0 Å². The van der Waals surface area contributed by atoms with E-state index in [1.165, 1.54) is 18.8 Å². The first-order valence-corrected chi connectivity index (χ1v) is 6.38. The Labute approximate surface area is 108 Å². The van der Waals surface area contributed by atoms with E-state index in [1.54, 1.807) is 0 Å². The molecule has 0 aliphatic carbocycles. The molecule has 0 bridgehead atoms. The molecule has 0 aromatic carbocycles. The second-order valence-corrected chi connectivity index (χ2v) is 4.99. The molecule has 1 aromatic rings. The first-order chi connectivity index (χ1) is 8.50. The predicted octanol–water partition coefficient (Wildman–Crippen LogP) is 2.00. The Morgan fingerprint density at radius 3 is 2.56 bits per heavy atom. The molecule has 0 unspecified atom stereocenters. The van der Waals surface area contributed by atoms with Crippen molar-refractivity contribution in [2.24, 2.45) is 5.92 Å². The van der Waals surface area contributed by atoms with E-state index in [9.17, 15) is 4.79 Å². The highest BCUT2D eigenvalue weighted by Gasteiger charge is 2.14. The number of carbonyl (C=O) groups excluding carboxylic acids is 1. The fourth-order valence-corrected chi connectivity index (χ4v) is 1.72. The van der Waals surface area contributed by atoms with E-state index in [0.29, 0.717) is 5.92 Å². The van der Waals surface area contributed by atoms with Crippen LogP contribution in [-0.4, -0.2) is 21.9 Å². The second kappa shape index (κ2) is 6.93. The molecule has 1 rings (SSSR count). The monoisotopic (exact) mass is 250 g/mol. The van der Waals surface area contributed by atoms with E-state index in [1.807, 2.05) is 6.92 Å². The number of aromatic nitrogens is 2. The van der Waals surface area contributed by atoms with Gasteiger partial charge in [-0.25, -0.2) is 9.97 Å². The summed E-state index contributed by atoms with van der Waals surface area (Å²) in [4.78, 5) is 19.7. The van der Waals surface area contributed by atoms with Crippen LogP contribution in [0.1, 0.15) is 50.5 Å². The molecule has 3 N–H and O–H groups in total. The van der Waals surface area contributed by atoms with Crippen LogP contribution in [0.25, 0.3) is 0 Å². The lowest BCUT2D eigenvalue weighted by Crippen LogP contribution is -2.33. The maximum Gasteiger partial charge on any atom is 0.273 e. The molecule has 0 aliphatic heterocycles. The first-order valence-electron chi connectivity index (χ1n) is 6.38. The molecule has 0 saturated heterocycles. The minimum absolute atomic E-state index is 0.123. The summed E-state index contributed by atoms with van der Waals surface area (Å²) in [6.07, 6.45) is 6.18. The van der Waals surface area contributed by atoms with Crippen LogP contribution in [0.2, 0.25) is 0 Å². The number of amides is 1. The van der Waals surface area contributed by atoms with E-state index in [4.69, 9.17) is 5.73 Å². The third-order valence-electron chi connectivity index (χ3n) is 2.74. The van der Waals surface area contributed by atoms with Crippen molar-refractivity contribution < 1.29 is 4.79 Å². The summed E-state index contributed by atoms with van der Waals surface area (Å²) in [5.74, 6) is 0.616. The third-order valence-corrected chi connectivity index (χ3v) is 2.74. The molecule has 1 aromatic heterocycles. The Bertz CT molecular complexity index is 392. The molecule has 5 nitrogen and oxygen atoms in total. The third kappa shape index (κ3) is 4.69. The van der Waals surface area contributed by atoms with Crippen molar-refractivity contribution in [3.63, 3.8) is 0 Å². The number of hydrogen-bond acceptors (Lipinski definition) is 4. The minimum atomic E-state index is -0.252. The molecule has 0 radical (unpaired) electrons. The van der Waals surface area contributed by atoms with E-state index in [-0.39, 0.29) is 23.5 Å². The molecule has 1 atom stereocenters. The van der Waals surface area contributed by atoms with Crippen LogP contribution in [0.5, 0.6) is 0 Å². The Balaban J connectivity index is 2.43. The molecule has 1 amide bonds. The lowest BCUT2D eigenvalue weighted by atomic mass is 10.0. The summed E-state index contributed by atoms with van der Waals surface area (Å²) in [6, 6.07) is 0.123. The Morgan fingerprint density at radius 2 is 1.94 bits per heavy atom. The quantitative estimate of drug-likeness (QED) is 0.809. The zero-order chi connectivity index (χ0) is 13.5. The van der Waals surface area contributed by atoms with Gasteiger partial charge in [-0.15, -0.1) is 0 Å². The number of nitrogens with one attached hydrogen (secondary N) is 1. The normalized spacial score (nSPS) is 12.4. The maximum atomic E-state index is 11.9. The Morgan fingerprint density at radius 1 is 1.28 bits per heavy atom. The molecule has 18 heavy (non-hydrogen) atoms. The van der Waals surface area contributed by atoms with Crippen LogP contribution >= 0.6 is 0 Å². The summed E-state index contributed by atoms with van der Waals surface area (Å²) in [5, 5.41) is 2.89. The van der Waals surface area contributed by atoms with Crippen molar-refractivity contribution in [3.8, 4) is 0 Å². The smallest absolute Gasteiger partial charge is 0.273 e. The Kier molecular flexibility index (Phi) is 5.55. The predicted molar refractivity (Wildman–Crippen MR) is 72.1 cm³/mol. The highest BCUT2D eigenvalue weighted by atomic mass is 16.2. The minimum Gasteiger partial charge on any atom is -0.382 e. The summed E-state index contributed by atoms with van der Waals surface area (Å²) in [7, 11) is 0.